The minimum Gasteiger partial charge on any atom is -0.507 e. The second kappa shape index (κ2) is 4.96. The van der Waals surface area contributed by atoms with Crippen molar-refractivity contribution in [1.29, 1.82) is 0 Å². The lowest BCUT2D eigenvalue weighted by Gasteiger charge is -2.25. The molecule has 1 aromatic carbocycles. The van der Waals surface area contributed by atoms with Crippen LogP contribution >= 0.6 is 0 Å². The van der Waals surface area contributed by atoms with Crippen molar-refractivity contribution < 1.29 is 14.3 Å². The number of hydrogen-bond acceptors (Lipinski definition) is 2. The van der Waals surface area contributed by atoms with Crippen LogP contribution < -0.4 is 0 Å². The molecule has 1 aromatic rings. The largest absolute Gasteiger partial charge is 0.507 e. The minimum atomic E-state index is -0.527. The van der Waals surface area contributed by atoms with Crippen LogP contribution in [-0.2, 0) is 0 Å². The van der Waals surface area contributed by atoms with Crippen molar-refractivity contribution in [1.82, 2.24) is 4.90 Å². The maximum atomic E-state index is 13.0. The maximum Gasteiger partial charge on any atom is 0.257 e. The average molecular weight is 225 g/mol. The molecule has 0 unspecified atom stereocenters. The second-order valence-corrected chi connectivity index (χ2v) is 3.85. The summed E-state index contributed by atoms with van der Waals surface area (Å²) in [4.78, 5) is 13.6. The van der Waals surface area contributed by atoms with E-state index in [4.69, 9.17) is 0 Å². The van der Waals surface area contributed by atoms with Gasteiger partial charge in [0.05, 0.1) is 5.56 Å². The van der Waals surface area contributed by atoms with E-state index in [-0.39, 0.29) is 23.3 Å². The van der Waals surface area contributed by atoms with Gasteiger partial charge >= 0.3 is 0 Å². The van der Waals surface area contributed by atoms with Gasteiger partial charge in [0, 0.05) is 12.6 Å². The molecule has 4 heteroatoms. The number of phenolic OH excluding ortho intramolecular Hbond substituents is 1. The highest BCUT2D eigenvalue weighted by atomic mass is 19.1. The van der Waals surface area contributed by atoms with Crippen molar-refractivity contribution in [3.63, 3.8) is 0 Å². The quantitative estimate of drug-likeness (QED) is 0.858. The Balaban J connectivity index is 3.08. The van der Waals surface area contributed by atoms with Crippen molar-refractivity contribution in [3.05, 3.63) is 29.6 Å². The van der Waals surface area contributed by atoms with Gasteiger partial charge in [0.2, 0.25) is 0 Å². The van der Waals surface area contributed by atoms with E-state index in [1.807, 2.05) is 20.8 Å². The minimum absolute atomic E-state index is 0.00977. The van der Waals surface area contributed by atoms with Gasteiger partial charge in [-0.2, -0.15) is 0 Å². The molecule has 0 aliphatic rings. The molecular weight excluding hydrogens is 209 g/mol. The molecule has 0 aliphatic heterocycles. The molecule has 0 aromatic heterocycles. The summed E-state index contributed by atoms with van der Waals surface area (Å²) in [5.74, 6) is -1.07. The Kier molecular flexibility index (Phi) is 3.88. The third-order valence-electron chi connectivity index (χ3n) is 2.41. The van der Waals surface area contributed by atoms with Crippen molar-refractivity contribution in [2.75, 3.05) is 6.54 Å². The predicted octanol–water partition coefficient (Wildman–Crippen LogP) is 2.40. The number of halogens is 1. The van der Waals surface area contributed by atoms with E-state index >= 15 is 0 Å². The molecule has 0 bridgehead atoms. The molecule has 0 heterocycles. The van der Waals surface area contributed by atoms with Crippen molar-refractivity contribution in [2.24, 2.45) is 0 Å². The highest BCUT2D eigenvalue weighted by Crippen LogP contribution is 2.20. The number of carbonyl (C=O) groups is 1. The summed E-state index contributed by atoms with van der Waals surface area (Å²) < 4.78 is 13.0. The zero-order valence-electron chi connectivity index (χ0n) is 9.70. The Bertz CT molecular complexity index is 391. The normalized spacial score (nSPS) is 10.6. The number of aromatic hydroxyl groups is 1. The van der Waals surface area contributed by atoms with Gasteiger partial charge < -0.3 is 10.0 Å². The highest BCUT2D eigenvalue weighted by molar-refractivity contribution is 5.97. The van der Waals surface area contributed by atoms with E-state index in [1.165, 1.54) is 6.07 Å². The summed E-state index contributed by atoms with van der Waals surface area (Å²) in [6.45, 7) is 6.11. The first-order valence-electron chi connectivity index (χ1n) is 5.26. The van der Waals surface area contributed by atoms with Gasteiger partial charge in [-0.3, -0.25) is 4.79 Å². The van der Waals surface area contributed by atoms with Gasteiger partial charge in [-0.15, -0.1) is 0 Å². The number of nitrogens with zero attached hydrogens (tertiary/aromatic N) is 1. The molecule has 3 nitrogen and oxygen atoms in total. The van der Waals surface area contributed by atoms with Crippen molar-refractivity contribution >= 4 is 5.91 Å². The number of hydrogen-bond donors (Lipinski definition) is 1. The number of amides is 1. The van der Waals surface area contributed by atoms with Crippen LogP contribution in [-0.4, -0.2) is 28.5 Å². The Morgan fingerprint density at radius 2 is 2.12 bits per heavy atom. The van der Waals surface area contributed by atoms with Gasteiger partial charge in [-0.05, 0) is 39.0 Å². The van der Waals surface area contributed by atoms with E-state index < -0.39 is 5.82 Å². The fourth-order valence-electron chi connectivity index (χ4n) is 1.58. The van der Waals surface area contributed by atoms with E-state index in [0.29, 0.717) is 6.54 Å². The number of rotatable bonds is 3. The third kappa shape index (κ3) is 2.51. The number of carbonyl (C=O) groups excluding carboxylic acids is 1. The molecule has 0 radical (unpaired) electrons. The van der Waals surface area contributed by atoms with E-state index in [9.17, 15) is 14.3 Å². The molecule has 0 spiro atoms. The molecule has 1 rings (SSSR count). The molecule has 0 saturated heterocycles. The molecule has 0 atom stereocenters. The molecule has 16 heavy (non-hydrogen) atoms. The van der Waals surface area contributed by atoms with E-state index in [0.717, 1.165) is 12.1 Å². The lowest BCUT2D eigenvalue weighted by atomic mass is 10.1. The first kappa shape index (κ1) is 12.5. The molecule has 0 saturated carbocycles. The Hall–Kier alpha value is -1.58. The lowest BCUT2D eigenvalue weighted by Crippen LogP contribution is -2.36. The standard InChI is InChI=1S/C12H16FNO2/c1-4-14(8(2)3)12(16)10-7-9(13)5-6-11(10)15/h5-8,15H,4H2,1-3H3. The molecule has 88 valence electrons. The van der Waals surface area contributed by atoms with Crippen LogP contribution in [0.4, 0.5) is 4.39 Å². The van der Waals surface area contributed by atoms with Gasteiger partial charge in [-0.1, -0.05) is 0 Å². The molecule has 0 aliphatic carbocycles. The smallest absolute Gasteiger partial charge is 0.257 e. The third-order valence-corrected chi connectivity index (χ3v) is 2.41. The second-order valence-electron chi connectivity index (χ2n) is 3.85. The molecule has 1 amide bonds. The van der Waals surface area contributed by atoms with Crippen LogP contribution in [0, 0.1) is 5.82 Å². The predicted molar refractivity (Wildman–Crippen MR) is 59.9 cm³/mol. The van der Waals surface area contributed by atoms with Gasteiger partial charge in [-0.25, -0.2) is 4.39 Å². The molecule has 1 N–H and O–H groups in total. The van der Waals surface area contributed by atoms with Gasteiger partial charge in [0.15, 0.2) is 0 Å². The SMILES string of the molecule is CCN(C(=O)c1cc(F)ccc1O)C(C)C. The van der Waals surface area contributed by atoms with Crippen molar-refractivity contribution in [3.8, 4) is 5.75 Å². The van der Waals surface area contributed by atoms with Crippen LogP contribution in [0.15, 0.2) is 18.2 Å². The summed E-state index contributed by atoms with van der Waals surface area (Å²) in [6, 6.07) is 3.39. The lowest BCUT2D eigenvalue weighted by molar-refractivity contribution is 0.0713. The summed E-state index contributed by atoms with van der Waals surface area (Å²) in [6.07, 6.45) is 0. The maximum absolute atomic E-state index is 13.0. The van der Waals surface area contributed by atoms with E-state index in [2.05, 4.69) is 0 Å². The van der Waals surface area contributed by atoms with Crippen LogP contribution in [0.3, 0.4) is 0 Å². The summed E-state index contributed by atoms with van der Waals surface area (Å²) in [5.41, 5.74) is 0.00977. The fraction of sp³-hybridized carbons (Fsp3) is 0.417. The highest BCUT2D eigenvalue weighted by Gasteiger charge is 2.20. The van der Waals surface area contributed by atoms with Crippen molar-refractivity contribution in [2.45, 2.75) is 26.8 Å². The zero-order valence-corrected chi connectivity index (χ0v) is 9.70. The van der Waals surface area contributed by atoms with Gasteiger partial charge in [0.1, 0.15) is 11.6 Å². The zero-order chi connectivity index (χ0) is 12.3. The first-order valence-corrected chi connectivity index (χ1v) is 5.26. The Morgan fingerprint density at radius 3 is 2.62 bits per heavy atom. The number of phenols is 1. The summed E-state index contributed by atoms with van der Waals surface area (Å²) in [5, 5.41) is 9.52. The van der Waals surface area contributed by atoms with Crippen LogP contribution in [0.1, 0.15) is 31.1 Å². The monoisotopic (exact) mass is 225 g/mol. The van der Waals surface area contributed by atoms with Gasteiger partial charge in [0.25, 0.3) is 5.91 Å². The molecule has 0 fully saturated rings. The first-order chi connectivity index (χ1) is 7.47. The summed E-state index contributed by atoms with van der Waals surface area (Å²) >= 11 is 0. The topological polar surface area (TPSA) is 40.5 Å². The van der Waals surface area contributed by atoms with Crippen LogP contribution in [0.2, 0.25) is 0 Å². The number of benzene rings is 1. The van der Waals surface area contributed by atoms with Crippen LogP contribution in [0.25, 0.3) is 0 Å². The van der Waals surface area contributed by atoms with Crippen LogP contribution in [0.5, 0.6) is 5.75 Å². The Morgan fingerprint density at radius 1 is 1.50 bits per heavy atom. The average Bonchev–Trinajstić information content (AvgIpc) is 2.22. The van der Waals surface area contributed by atoms with E-state index in [1.54, 1.807) is 4.90 Å². The Labute approximate surface area is 94.5 Å². The fourth-order valence-corrected chi connectivity index (χ4v) is 1.58. The molecular formula is C12H16FNO2. The summed E-state index contributed by atoms with van der Waals surface area (Å²) in [7, 11) is 0.